The second kappa shape index (κ2) is 6.68. The maximum Gasteiger partial charge on any atom is 0.251 e. The fourth-order valence-electron chi connectivity index (χ4n) is 1.18. The molecule has 0 spiro atoms. The molecule has 0 fully saturated rings. The monoisotopic (exact) mass is 305 g/mol. The van der Waals surface area contributed by atoms with Crippen molar-refractivity contribution in [2.24, 2.45) is 0 Å². The van der Waals surface area contributed by atoms with Gasteiger partial charge in [0.1, 0.15) is 5.82 Å². The molecular formula is C11H13BrFNO3. The van der Waals surface area contributed by atoms with Gasteiger partial charge < -0.3 is 14.8 Å². The van der Waals surface area contributed by atoms with Crippen molar-refractivity contribution < 1.29 is 18.7 Å². The number of ether oxygens (including phenoxy) is 2. The van der Waals surface area contributed by atoms with E-state index in [-0.39, 0.29) is 18.0 Å². The van der Waals surface area contributed by atoms with Crippen LogP contribution in [0.3, 0.4) is 0 Å². The van der Waals surface area contributed by atoms with Crippen LogP contribution in [-0.2, 0) is 9.47 Å². The van der Waals surface area contributed by atoms with Gasteiger partial charge in [-0.1, -0.05) is 0 Å². The third kappa shape index (κ3) is 4.07. The van der Waals surface area contributed by atoms with Crippen molar-refractivity contribution in [1.82, 2.24) is 5.32 Å². The van der Waals surface area contributed by atoms with Crippen molar-refractivity contribution in [3.63, 3.8) is 0 Å². The first-order valence-corrected chi connectivity index (χ1v) is 5.66. The summed E-state index contributed by atoms with van der Waals surface area (Å²) in [6.45, 7) is 0.198. The fraction of sp³-hybridized carbons (Fsp3) is 0.364. The molecule has 0 aromatic heterocycles. The van der Waals surface area contributed by atoms with Gasteiger partial charge in [-0.15, -0.1) is 0 Å². The quantitative estimate of drug-likeness (QED) is 0.846. The molecule has 4 nitrogen and oxygen atoms in total. The number of carbonyl (C=O) groups excluding carboxylic acids is 1. The smallest absolute Gasteiger partial charge is 0.251 e. The Morgan fingerprint density at radius 2 is 2.12 bits per heavy atom. The van der Waals surface area contributed by atoms with Crippen LogP contribution in [0.4, 0.5) is 4.39 Å². The number of benzene rings is 1. The van der Waals surface area contributed by atoms with Gasteiger partial charge in [0.2, 0.25) is 0 Å². The van der Waals surface area contributed by atoms with Crippen LogP contribution in [0.2, 0.25) is 0 Å². The van der Waals surface area contributed by atoms with Crippen molar-refractivity contribution in [3.05, 3.63) is 34.1 Å². The summed E-state index contributed by atoms with van der Waals surface area (Å²) in [6, 6.07) is 4.17. The summed E-state index contributed by atoms with van der Waals surface area (Å²) in [4.78, 5) is 11.6. The van der Waals surface area contributed by atoms with Gasteiger partial charge in [0, 0.05) is 19.8 Å². The molecule has 1 rings (SSSR count). The number of halogens is 2. The van der Waals surface area contributed by atoms with Gasteiger partial charge in [-0.25, -0.2) is 4.39 Å². The molecule has 0 unspecified atom stereocenters. The lowest BCUT2D eigenvalue weighted by Crippen LogP contribution is -2.34. The first-order valence-electron chi connectivity index (χ1n) is 4.87. The molecule has 0 aliphatic rings. The van der Waals surface area contributed by atoms with Crippen LogP contribution in [0, 0.1) is 5.82 Å². The van der Waals surface area contributed by atoms with Gasteiger partial charge in [-0.05, 0) is 34.1 Å². The molecular weight excluding hydrogens is 293 g/mol. The van der Waals surface area contributed by atoms with E-state index in [2.05, 4.69) is 21.2 Å². The van der Waals surface area contributed by atoms with E-state index in [1.165, 1.54) is 26.4 Å². The van der Waals surface area contributed by atoms with Crippen molar-refractivity contribution >= 4 is 21.8 Å². The van der Waals surface area contributed by atoms with Gasteiger partial charge in [-0.3, -0.25) is 4.79 Å². The highest BCUT2D eigenvalue weighted by atomic mass is 79.9. The van der Waals surface area contributed by atoms with Gasteiger partial charge in [0.25, 0.3) is 5.91 Å². The molecule has 1 aromatic carbocycles. The van der Waals surface area contributed by atoms with Crippen LogP contribution in [-0.4, -0.2) is 33.0 Å². The van der Waals surface area contributed by atoms with Crippen molar-refractivity contribution in [2.75, 3.05) is 20.8 Å². The highest BCUT2D eigenvalue weighted by Crippen LogP contribution is 2.16. The lowest BCUT2D eigenvalue weighted by Gasteiger charge is -2.14. The Labute approximate surface area is 107 Å². The van der Waals surface area contributed by atoms with E-state index in [1.54, 1.807) is 0 Å². The molecule has 0 aliphatic heterocycles. The first-order chi connectivity index (χ1) is 8.08. The van der Waals surface area contributed by atoms with E-state index < -0.39 is 12.1 Å². The Kier molecular flexibility index (Phi) is 5.54. The molecule has 0 saturated heterocycles. The zero-order valence-corrected chi connectivity index (χ0v) is 11.1. The van der Waals surface area contributed by atoms with Crippen LogP contribution in [0.25, 0.3) is 0 Å². The van der Waals surface area contributed by atoms with Crippen molar-refractivity contribution in [2.45, 2.75) is 6.29 Å². The molecule has 6 heteroatoms. The topological polar surface area (TPSA) is 47.6 Å². The van der Waals surface area contributed by atoms with Crippen LogP contribution in [0.15, 0.2) is 22.7 Å². The summed E-state index contributed by atoms with van der Waals surface area (Å²) >= 11 is 3.02. The standard InChI is InChI=1S/C11H13BrFNO3/c1-16-10(17-2)6-14-11(15)7-3-4-8(12)9(13)5-7/h3-5,10H,6H2,1-2H3,(H,14,15). The van der Waals surface area contributed by atoms with Crippen LogP contribution in [0.1, 0.15) is 10.4 Å². The number of rotatable bonds is 5. The zero-order chi connectivity index (χ0) is 12.8. The lowest BCUT2D eigenvalue weighted by atomic mass is 10.2. The van der Waals surface area contributed by atoms with E-state index in [0.717, 1.165) is 6.07 Å². The molecule has 0 heterocycles. The Balaban J connectivity index is 2.61. The third-order valence-corrected chi connectivity index (χ3v) is 2.78. The van der Waals surface area contributed by atoms with E-state index in [1.807, 2.05) is 0 Å². The lowest BCUT2D eigenvalue weighted by molar-refractivity contribution is -0.0974. The van der Waals surface area contributed by atoms with Gasteiger partial charge in [0.15, 0.2) is 6.29 Å². The molecule has 17 heavy (non-hydrogen) atoms. The van der Waals surface area contributed by atoms with E-state index in [9.17, 15) is 9.18 Å². The number of hydrogen-bond acceptors (Lipinski definition) is 3. The molecule has 0 radical (unpaired) electrons. The fourth-order valence-corrected chi connectivity index (χ4v) is 1.42. The van der Waals surface area contributed by atoms with Gasteiger partial charge >= 0.3 is 0 Å². The summed E-state index contributed by atoms with van der Waals surface area (Å²) in [5, 5.41) is 2.58. The number of amides is 1. The normalized spacial score (nSPS) is 10.6. The minimum absolute atomic E-state index is 0.198. The molecule has 1 amide bonds. The first kappa shape index (κ1) is 14.1. The van der Waals surface area contributed by atoms with Crippen LogP contribution in [0.5, 0.6) is 0 Å². The van der Waals surface area contributed by atoms with Gasteiger partial charge in [0.05, 0.1) is 11.0 Å². The minimum Gasteiger partial charge on any atom is -0.354 e. The highest BCUT2D eigenvalue weighted by molar-refractivity contribution is 9.10. The maximum absolute atomic E-state index is 13.2. The predicted octanol–water partition coefficient (Wildman–Crippen LogP) is 1.94. The Hall–Kier alpha value is -0.980. The second-order valence-electron chi connectivity index (χ2n) is 3.24. The number of methoxy groups -OCH3 is 2. The summed E-state index contributed by atoms with van der Waals surface area (Å²) in [5.41, 5.74) is 0.247. The molecule has 0 aliphatic carbocycles. The average molecular weight is 306 g/mol. The summed E-state index contributed by atoms with van der Waals surface area (Å²) in [5.74, 6) is -0.858. The summed E-state index contributed by atoms with van der Waals surface area (Å²) in [7, 11) is 2.94. The molecule has 0 bridgehead atoms. The highest BCUT2D eigenvalue weighted by Gasteiger charge is 2.11. The van der Waals surface area contributed by atoms with Crippen molar-refractivity contribution in [1.29, 1.82) is 0 Å². The van der Waals surface area contributed by atoms with E-state index in [4.69, 9.17) is 9.47 Å². The maximum atomic E-state index is 13.2. The van der Waals surface area contributed by atoms with E-state index in [0.29, 0.717) is 4.47 Å². The summed E-state index contributed by atoms with van der Waals surface area (Å²) < 4.78 is 23.3. The largest absolute Gasteiger partial charge is 0.354 e. The van der Waals surface area contributed by atoms with E-state index >= 15 is 0 Å². The SMILES string of the molecule is COC(CNC(=O)c1ccc(Br)c(F)c1)OC. The predicted molar refractivity (Wildman–Crippen MR) is 64.2 cm³/mol. The number of carbonyl (C=O) groups is 1. The molecule has 0 saturated carbocycles. The molecule has 94 valence electrons. The number of nitrogens with one attached hydrogen (secondary N) is 1. The zero-order valence-electron chi connectivity index (χ0n) is 9.50. The Morgan fingerprint density at radius 1 is 1.47 bits per heavy atom. The Morgan fingerprint density at radius 3 is 2.65 bits per heavy atom. The molecule has 1 N–H and O–H groups in total. The summed E-state index contributed by atoms with van der Waals surface area (Å²) in [6.07, 6.45) is -0.515. The average Bonchev–Trinajstić information content (AvgIpc) is 2.33. The third-order valence-electron chi connectivity index (χ3n) is 2.14. The molecule has 0 atom stereocenters. The van der Waals surface area contributed by atoms with Crippen molar-refractivity contribution in [3.8, 4) is 0 Å². The van der Waals surface area contributed by atoms with Crippen LogP contribution < -0.4 is 5.32 Å². The minimum atomic E-state index is -0.515. The van der Waals surface area contributed by atoms with Gasteiger partial charge in [-0.2, -0.15) is 0 Å². The number of hydrogen-bond donors (Lipinski definition) is 1. The Bertz CT molecular complexity index is 396. The second-order valence-corrected chi connectivity index (χ2v) is 4.09. The van der Waals surface area contributed by atoms with Crippen LogP contribution >= 0.6 is 15.9 Å². The molecule has 1 aromatic rings.